The van der Waals surface area contributed by atoms with Crippen LogP contribution in [0, 0.1) is 0 Å². The lowest BCUT2D eigenvalue weighted by Crippen LogP contribution is -2.31. The van der Waals surface area contributed by atoms with Gasteiger partial charge in [0.2, 0.25) is 0 Å². The SMILES string of the molecule is O=C(NC(c1ccccc1)c1c(-c2ccccc2)nc2ccccn12)OCc1ccccc1. The van der Waals surface area contributed by atoms with Gasteiger partial charge in [0, 0.05) is 11.8 Å². The van der Waals surface area contributed by atoms with Gasteiger partial charge in [0.25, 0.3) is 0 Å². The van der Waals surface area contributed by atoms with Gasteiger partial charge in [0.15, 0.2) is 0 Å². The fourth-order valence-electron chi connectivity index (χ4n) is 3.94. The Labute approximate surface area is 192 Å². The number of alkyl carbamates (subject to hydrolysis) is 1. The molecule has 0 aliphatic carbocycles. The number of imidazole rings is 1. The molecular weight excluding hydrogens is 410 g/mol. The van der Waals surface area contributed by atoms with Gasteiger partial charge in [-0.05, 0) is 23.3 Å². The molecule has 1 N–H and O–H groups in total. The molecule has 5 rings (SSSR count). The number of nitrogens with zero attached hydrogens (tertiary/aromatic N) is 2. The molecule has 0 spiro atoms. The average Bonchev–Trinajstić information content (AvgIpc) is 3.27. The van der Waals surface area contributed by atoms with E-state index in [9.17, 15) is 4.79 Å². The number of carbonyl (C=O) groups is 1. The highest BCUT2D eigenvalue weighted by Gasteiger charge is 2.26. The Morgan fingerprint density at radius 1 is 0.818 bits per heavy atom. The van der Waals surface area contributed by atoms with Gasteiger partial charge in [0.05, 0.1) is 11.4 Å². The van der Waals surface area contributed by atoms with Crippen molar-refractivity contribution in [3.63, 3.8) is 0 Å². The molecule has 0 radical (unpaired) electrons. The van der Waals surface area contributed by atoms with E-state index in [1.54, 1.807) is 0 Å². The molecule has 162 valence electrons. The molecule has 0 aliphatic rings. The second-order valence-electron chi connectivity index (χ2n) is 7.69. The van der Waals surface area contributed by atoms with Gasteiger partial charge in [-0.15, -0.1) is 0 Å². The van der Waals surface area contributed by atoms with E-state index < -0.39 is 12.1 Å². The molecule has 5 aromatic rings. The smallest absolute Gasteiger partial charge is 0.408 e. The van der Waals surface area contributed by atoms with Crippen LogP contribution in [0.25, 0.3) is 16.9 Å². The van der Waals surface area contributed by atoms with Crippen molar-refractivity contribution in [2.45, 2.75) is 12.6 Å². The highest BCUT2D eigenvalue weighted by molar-refractivity contribution is 5.72. The number of hydrogen-bond acceptors (Lipinski definition) is 3. The number of benzene rings is 3. The maximum atomic E-state index is 12.9. The van der Waals surface area contributed by atoms with Gasteiger partial charge < -0.3 is 14.5 Å². The molecule has 0 aliphatic heterocycles. The average molecular weight is 434 g/mol. The molecule has 5 nitrogen and oxygen atoms in total. The fourth-order valence-corrected chi connectivity index (χ4v) is 3.94. The van der Waals surface area contributed by atoms with Crippen LogP contribution in [-0.4, -0.2) is 15.5 Å². The number of nitrogens with one attached hydrogen (secondary N) is 1. The van der Waals surface area contributed by atoms with Gasteiger partial charge in [-0.1, -0.05) is 97.1 Å². The van der Waals surface area contributed by atoms with Gasteiger partial charge in [-0.3, -0.25) is 0 Å². The van der Waals surface area contributed by atoms with E-state index in [2.05, 4.69) is 5.32 Å². The minimum Gasteiger partial charge on any atom is -0.445 e. The summed E-state index contributed by atoms with van der Waals surface area (Å²) in [4.78, 5) is 17.8. The van der Waals surface area contributed by atoms with E-state index in [0.717, 1.165) is 33.7 Å². The maximum Gasteiger partial charge on any atom is 0.408 e. The monoisotopic (exact) mass is 433 g/mol. The van der Waals surface area contributed by atoms with Gasteiger partial charge in [-0.25, -0.2) is 9.78 Å². The molecule has 33 heavy (non-hydrogen) atoms. The number of amides is 1. The Morgan fingerprint density at radius 3 is 2.18 bits per heavy atom. The van der Waals surface area contributed by atoms with E-state index in [1.165, 1.54) is 0 Å². The Morgan fingerprint density at radius 2 is 1.45 bits per heavy atom. The third-order valence-corrected chi connectivity index (χ3v) is 5.50. The van der Waals surface area contributed by atoms with Crippen molar-refractivity contribution in [2.24, 2.45) is 0 Å². The minimum atomic E-state index is -0.488. The topological polar surface area (TPSA) is 55.6 Å². The fraction of sp³-hybridized carbons (Fsp3) is 0.0714. The molecule has 5 heteroatoms. The molecule has 1 atom stereocenters. The summed E-state index contributed by atoms with van der Waals surface area (Å²) in [5.41, 5.74) is 5.36. The van der Waals surface area contributed by atoms with Crippen molar-refractivity contribution in [2.75, 3.05) is 0 Å². The second kappa shape index (κ2) is 9.40. The predicted molar refractivity (Wildman–Crippen MR) is 129 cm³/mol. The van der Waals surface area contributed by atoms with E-state index >= 15 is 0 Å². The van der Waals surface area contributed by atoms with Crippen molar-refractivity contribution < 1.29 is 9.53 Å². The van der Waals surface area contributed by atoms with E-state index in [0.29, 0.717) is 0 Å². The molecule has 0 bridgehead atoms. The Hall–Kier alpha value is -4.38. The zero-order valence-electron chi connectivity index (χ0n) is 18.0. The number of ether oxygens (including phenoxy) is 1. The van der Waals surface area contributed by atoms with Crippen molar-refractivity contribution in [3.05, 3.63) is 132 Å². The molecule has 0 saturated heterocycles. The first-order chi connectivity index (χ1) is 16.3. The third kappa shape index (κ3) is 4.48. The molecule has 2 aromatic heterocycles. The van der Waals surface area contributed by atoms with Crippen LogP contribution in [0.1, 0.15) is 22.9 Å². The van der Waals surface area contributed by atoms with Crippen molar-refractivity contribution >= 4 is 11.7 Å². The van der Waals surface area contributed by atoms with Crippen molar-refractivity contribution in [1.82, 2.24) is 14.7 Å². The van der Waals surface area contributed by atoms with Gasteiger partial charge in [0.1, 0.15) is 18.3 Å². The lowest BCUT2D eigenvalue weighted by molar-refractivity contribution is 0.137. The minimum absolute atomic E-state index is 0.201. The van der Waals surface area contributed by atoms with E-state index in [1.807, 2.05) is 120 Å². The van der Waals surface area contributed by atoms with Crippen LogP contribution in [0.3, 0.4) is 0 Å². The molecule has 2 heterocycles. The van der Waals surface area contributed by atoms with Crippen LogP contribution >= 0.6 is 0 Å². The van der Waals surface area contributed by atoms with Crippen LogP contribution in [0.4, 0.5) is 4.79 Å². The van der Waals surface area contributed by atoms with Crippen LogP contribution in [-0.2, 0) is 11.3 Å². The second-order valence-corrected chi connectivity index (χ2v) is 7.69. The summed E-state index contributed by atoms with van der Waals surface area (Å²) < 4.78 is 7.58. The number of rotatable bonds is 6. The Bertz CT molecular complexity index is 1350. The third-order valence-electron chi connectivity index (χ3n) is 5.50. The lowest BCUT2D eigenvalue weighted by Gasteiger charge is -2.21. The zero-order valence-corrected chi connectivity index (χ0v) is 18.0. The van der Waals surface area contributed by atoms with E-state index in [-0.39, 0.29) is 6.61 Å². The molecule has 1 unspecified atom stereocenters. The Balaban J connectivity index is 1.55. The van der Waals surface area contributed by atoms with Gasteiger partial charge >= 0.3 is 6.09 Å². The normalized spacial score (nSPS) is 11.8. The number of aromatic nitrogens is 2. The van der Waals surface area contributed by atoms with Gasteiger partial charge in [-0.2, -0.15) is 0 Å². The predicted octanol–water partition coefficient (Wildman–Crippen LogP) is 6.02. The highest BCUT2D eigenvalue weighted by atomic mass is 16.5. The van der Waals surface area contributed by atoms with Crippen LogP contribution in [0.15, 0.2) is 115 Å². The molecule has 0 fully saturated rings. The molecular formula is C28H23N3O2. The maximum absolute atomic E-state index is 12.9. The summed E-state index contributed by atoms with van der Waals surface area (Å²) in [6, 6.07) is 35.0. The van der Waals surface area contributed by atoms with E-state index in [4.69, 9.17) is 9.72 Å². The summed E-state index contributed by atoms with van der Waals surface area (Å²) in [5.74, 6) is 0. The molecule has 0 saturated carbocycles. The first-order valence-corrected chi connectivity index (χ1v) is 10.8. The lowest BCUT2D eigenvalue weighted by atomic mass is 9.99. The standard InChI is InChI=1S/C28H23N3O2/c32-28(33-20-21-12-4-1-5-13-21)30-26(23-16-8-3-9-17-23)27-25(22-14-6-2-7-15-22)29-24-18-10-11-19-31(24)27/h1-19,26H,20H2,(H,30,32). The summed E-state index contributed by atoms with van der Waals surface area (Å²) in [7, 11) is 0. The van der Waals surface area contributed by atoms with Crippen molar-refractivity contribution in [3.8, 4) is 11.3 Å². The number of fused-ring (bicyclic) bond motifs is 1. The number of hydrogen-bond donors (Lipinski definition) is 1. The number of pyridine rings is 1. The zero-order chi connectivity index (χ0) is 22.5. The Kier molecular flexibility index (Phi) is 5.85. The first kappa shape index (κ1) is 20.5. The number of carbonyl (C=O) groups excluding carboxylic acids is 1. The summed E-state index contributed by atoms with van der Waals surface area (Å²) in [5, 5.41) is 3.09. The first-order valence-electron chi connectivity index (χ1n) is 10.8. The van der Waals surface area contributed by atoms with Crippen LogP contribution in [0.5, 0.6) is 0 Å². The summed E-state index contributed by atoms with van der Waals surface area (Å²) >= 11 is 0. The quantitative estimate of drug-likeness (QED) is 0.356. The van der Waals surface area contributed by atoms with Crippen LogP contribution < -0.4 is 5.32 Å². The molecule has 1 amide bonds. The summed E-state index contributed by atoms with van der Waals surface area (Å²) in [6.07, 6.45) is 1.48. The highest BCUT2D eigenvalue weighted by Crippen LogP contribution is 2.32. The van der Waals surface area contributed by atoms with Crippen molar-refractivity contribution in [1.29, 1.82) is 0 Å². The molecule has 3 aromatic carbocycles. The summed E-state index contributed by atoms with van der Waals surface area (Å²) in [6.45, 7) is 0.201. The van der Waals surface area contributed by atoms with Crippen LogP contribution in [0.2, 0.25) is 0 Å². The largest absolute Gasteiger partial charge is 0.445 e.